The fourth-order valence-corrected chi connectivity index (χ4v) is 14.7. The van der Waals surface area contributed by atoms with Crippen LogP contribution in [-0.4, -0.2) is 9.49 Å². The Morgan fingerprint density at radius 3 is 0.862 bits per heavy atom. The van der Waals surface area contributed by atoms with Crippen LogP contribution in [0.5, 0.6) is 0 Å². The molecule has 29 heavy (non-hydrogen) atoms. The summed E-state index contributed by atoms with van der Waals surface area (Å²) in [4.78, 5) is 0. The van der Waals surface area contributed by atoms with Crippen LogP contribution >= 0.6 is 51.1 Å². The lowest BCUT2D eigenvalue weighted by Gasteiger charge is -2.49. The summed E-state index contributed by atoms with van der Waals surface area (Å²) >= 11 is 0. The van der Waals surface area contributed by atoms with Gasteiger partial charge in [-0.3, -0.25) is 0 Å². The monoisotopic (exact) mass is 498 g/mol. The molecule has 0 radical (unpaired) electrons. The van der Waals surface area contributed by atoms with Crippen molar-refractivity contribution in [1.82, 2.24) is 0 Å². The first kappa shape index (κ1) is 30.8. The Morgan fingerprint density at radius 2 is 0.655 bits per heavy atom. The zero-order valence-corrected chi connectivity index (χ0v) is 26.3. The molecule has 2 unspecified atom stereocenters. The lowest BCUT2D eigenvalue weighted by atomic mass is 9.60. The summed E-state index contributed by atoms with van der Waals surface area (Å²) in [6.07, 6.45) is 0. The lowest BCUT2D eigenvalue weighted by molar-refractivity contribution is 0.0484. The average Bonchev–Trinajstić information content (AvgIpc) is 2.50. The van der Waals surface area contributed by atoms with Crippen molar-refractivity contribution in [2.45, 2.75) is 120 Å². The molecule has 0 spiro atoms. The van der Waals surface area contributed by atoms with Crippen LogP contribution in [-0.2, 0) is 0 Å². The van der Waals surface area contributed by atoms with Crippen molar-refractivity contribution in [3.05, 3.63) is 0 Å². The van der Waals surface area contributed by atoms with Crippen molar-refractivity contribution >= 4 is 51.1 Å². The van der Waals surface area contributed by atoms with Crippen LogP contribution in [0.1, 0.15) is 111 Å². The molecule has 0 saturated heterocycles. The Bertz CT molecular complexity index is 460. The van der Waals surface area contributed by atoms with Gasteiger partial charge >= 0.3 is 0 Å². The van der Waals surface area contributed by atoms with Gasteiger partial charge in [-0.05, 0) is 90.7 Å². The molecule has 0 rings (SSSR count). The van der Waals surface area contributed by atoms with E-state index in [1.165, 1.54) is 0 Å². The van der Waals surface area contributed by atoms with Gasteiger partial charge in [0, 0.05) is 9.49 Å². The normalized spacial score (nSPS) is 17.4. The van der Waals surface area contributed by atoms with E-state index in [1.54, 1.807) is 0 Å². The van der Waals surface area contributed by atoms with Gasteiger partial charge < -0.3 is 0 Å². The molecule has 0 nitrogen and oxygen atoms in total. The van der Waals surface area contributed by atoms with E-state index in [9.17, 15) is 0 Å². The molecule has 176 valence electrons. The van der Waals surface area contributed by atoms with Crippen molar-refractivity contribution < 1.29 is 0 Å². The molecular weight excluding hydrogens is 449 g/mol. The molecule has 0 aromatic rings. The molecule has 0 heterocycles. The number of hydrogen-bond donors (Lipinski definition) is 0. The van der Waals surface area contributed by atoms with E-state index < -0.39 is 0 Å². The Labute approximate surface area is 203 Å². The Kier molecular flexibility index (Phi) is 11.0. The number of hydrogen-bond acceptors (Lipinski definition) is 5. The van der Waals surface area contributed by atoms with Crippen LogP contribution in [0.15, 0.2) is 0 Å². The highest BCUT2D eigenvalue weighted by molar-refractivity contribution is 9.35. The Morgan fingerprint density at radius 1 is 0.414 bits per heavy atom. The second kappa shape index (κ2) is 10.3. The Balaban J connectivity index is 4.76. The molecule has 0 bridgehead atoms. The first-order valence-corrected chi connectivity index (χ1v) is 17.0. The fourth-order valence-electron chi connectivity index (χ4n) is 3.40. The quantitative estimate of drug-likeness (QED) is 0.216. The molecular formula is C24H50S5. The summed E-state index contributed by atoms with van der Waals surface area (Å²) in [6.45, 7) is 38.5. The molecule has 0 N–H and O–H groups in total. The van der Waals surface area contributed by atoms with Gasteiger partial charge in [0.25, 0.3) is 0 Å². The van der Waals surface area contributed by atoms with Gasteiger partial charge in [-0.1, -0.05) is 105 Å². The molecule has 0 saturated carbocycles. The van der Waals surface area contributed by atoms with Gasteiger partial charge in [0.15, 0.2) is 0 Å². The van der Waals surface area contributed by atoms with Crippen molar-refractivity contribution in [1.29, 1.82) is 0 Å². The van der Waals surface area contributed by atoms with Crippen molar-refractivity contribution in [2.75, 3.05) is 0 Å². The van der Waals surface area contributed by atoms with E-state index in [-0.39, 0.29) is 20.3 Å². The van der Waals surface area contributed by atoms with Crippen LogP contribution in [0.4, 0.5) is 0 Å². The van der Waals surface area contributed by atoms with E-state index >= 15 is 0 Å². The minimum atomic E-state index is 0.233. The Hall–Kier alpha value is 1.75. The van der Waals surface area contributed by atoms with Crippen LogP contribution in [0.3, 0.4) is 0 Å². The molecule has 0 aliphatic rings. The highest BCUT2D eigenvalue weighted by Gasteiger charge is 2.46. The van der Waals surface area contributed by atoms with E-state index in [4.69, 9.17) is 0 Å². The zero-order valence-electron chi connectivity index (χ0n) is 22.2. The van der Waals surface area contributed by atoms with Gasteiger partial charge in [0.05, 0.1) is 0 Å². The van der Waals surface area contributed by atoms with E-state index in [0.717, 1.165) is 0 Å². The molecule has 5 heteroatoms. The van der Waals surface area contributed by atoms with E-state index in [1.807, 2.05) is 51.1 Å². The third-order valence-corrected chi connectivity index (χ3v) is 19.0. The van der Waals surface area contributed by atoms with Gasteiger partial charge in [0.2, 0.25) is 0 Å². The molecule has 0 fully saturated rings. The third kappa shape index (κ3) is 7.93. The topological polar surface area (TPSA) is 0 Å². The smallest absolute Gasteiger partial charge is 0.0246 e. The second-order valence-corrected chi connectivity index (χ2v) is 21.7. The summed E-state index contributed by atoms with van der Waals surface area (Å²) in [7, 11) is 9.94. The van der Waals surface area contributed by atoms with Gasteiger partial charge in [-0.2, -0.15) is 0 Å². The molecule has 0 aliphatic carbocycles. The zero-order chi connectivity index (χ0) is 23.7. The van der Waals surface area contributed by atoms with E-state index in [0.29, 0.717) is 22.7 Å². The van der Waals surface area contributed by atoms with Crippen LogP contribution in [0, 0.1) is 33.5 Å². The molecule has 0 aliphatic heterocycles. The predicted molar refractivity (Wildman–Crippen MR) is 151 cm³/mol. The van der Waals surface area contributed by atoms with Crippen LogP contribution in [0.2, 0.25) is 0 Å². The highest BCUT2D eigenvalue weighted by atomic mass is 33.8. The predicted octanol–water partition coefficient (Wildman–Crippen LogP) is 11.3. The summed E-state index contributed by atoms with van der Waals surface area (Å²) in [5.41, 5.74) is 1.17. The van der Waals surface area contributed by atoms with Gasteiger partial charge in [0.1, 0.15) is 0 Å². The van der Waals surface area contributed by atoms with Crippen molar-refractivity contribution in [2.24, 2.45) is 33.5 Å². The first-order chi connectivity index (χ1) is 12.5. The summed E-state index contributed by atoms with van der Waals surface area (Å²) in [5, 5.41) is 0. The molecule has 0 aromatic heterocycles. The average molecular weight is 499 g/mol. The van der Waals surface area contributed by atoms with Crippen LogP contribution in [0.25, 0.3) is 0 Å². The summed E-state index contributed by atoms with van der Waals surface area (Å²) in [5.74, 6) is 1.24. The summed E-state index contributed by atoms with van der Waals surface area (Å²) in [6, 6.07) is 0. The van der Waals surface area contributed by atoms with Crippen LogP contribution < -0.4 is 0 Å². The SMILES string of the molecule is CC(C(C)(C)SSSSSC(C)(C)C(C)C(C)(C)C(C)(C)C)C(C)(C)C(C)(C)C. The lowest BCUT2D eigenvalue weighted by Crippen LogP contribution is -2.44. The van der Waals surface area contributed by atoms with Gasteiger partial charge in [-0.15, -0.1) is 0 Å². The minimum Gasteiger partial charge on any atom is -0.0751 e. The highest BCUT2D eigenvalue weighted by Crippen LogP contribution is 2.61. The standard InChI is InChI=1S/C24H50S5/c1-17(21(9,10)19(3,4)5)23(13,14)25-27-29-28-26-24(15,16)18(2)22(11,12)20(6,7)8/h17-18H,1-16H3. The maximum Gasteiger partial charge on any atom is 0.0246 e. The largest absolute Gasteiger partial charge is 0.0751 e. The molecule has 0 aromatic carbocycles. The van der Waals surface area contributed by atoms with Crippen molar-refractivity contribution in [3.8, 4) is 0 Å². The van der Waals surface area contributed by atoms with Crippen molar-refractivity contribution in [3.63, 3.8) is 0 Å². The third-order valence-electron chi connectivity index (χ3n) is 8.67. The number of rotatable bonds is 10. The minimum absolute atomic E-state index is 0.233. The molecule has 0 amide bonds. The molecule has 2 atom stereocenters. The fraction of sp³-hybridized carbons (Fsp3) is 1.00. The van der Waals surface area contributed by atoms with Gasteiger partial charge in [-0.25, -0.2) is 0 Å². The maximum atomic E-state index is 2.44. The first-order valence-electron chi connectivity index (χ1n) is 10.9. The summed E-state index contributed by atoms with van der Waals surface area (Å²) < 4.78 is 0.466. The second-order valence-electron chi connectivity index (χ2n) is 13.0. The maximum absolute atomic E-state index is 2.44. The van der Waals surface area contributed by atoms with E-state index in [2.05, 4.69) is 111 Å².